The van der Waals surface area contributed by atoms with Crippen molar-refractivity contribution in [1.82, 2.24) is 0 Å². The summed E-state index contributed by atoms with van der Waals surface area (Å²) >= 11 is 3.39. The number of para-hydroxylation sites is 1. The Morgan fingerprint density at radius 2 is 1.95 bits per heavy atom. The van der Waals surface area contributed by atoms with Crippen LogP contribution in [-0.2, 0) is 0 Å². The molecule has 110 valence electrons. The average molecular weight is 357 g/mol. The predicted octanol–water partition coefficient (Wildman–Crippen LogP) is 3.84. The van der Waals surface area contributed by atoms with Gasteiger partial charge in [-0.05, 0) is 42.8 Å². The first kappa shape index (κ1) is 14.5. The summed E-state index contributed by atoms with van der Waals surface area (Å²) in [4.78, 5) is 16.2. The molecule has 0 unspecified atom stereocenters. The lowest BCUT2D eigenvalue weighted by Crippen LogP contribution is -2.21. The molecule has 2 N–H and O–H groups in total. The average Bonchev–Trinajstić information content (AvgIpc) is 2.49. The van der Waals surface area contributed by atoms with E-state index in [1.54, 1.807) is 6.07 Å². The molecular formula is C17H13BrN2O2. The number of hydrogen-bond acceptors (Lipinski definition) is 3. The topological polar surface area (TPSA) is 68.6 Å². The normalized spacial score (nSPS) is 11.8. The van der Waals surface area contributed by atoms with Crippen molar-refractivity contribution in [1.29, 1.82) is 0 Å². The van der Waals surface area contributed by atoms with Gasteiger partial charge in [0.15, 0.2) is 0 Å². The van der Waals surface area contributed by atoms with Crippen molar-refractivity contribution in [3.63, 3.8) is 0 Å². The van der Waals surface area contributed by atoms with E-state index in [0.29, 0.717) is 5.58 Å². The highest BCUT2D eigenvalue weighted by atomic mass is 79.9. The number of fused-ring (bicyclic) bond motifs is 1. The van der Waals surface area contributed by atoms with Gasteiger partial charge in [-0.3, -0.25) is 4.79 Å². The van der Waals surface area contributed by atoms with Crippen LogP contribution < -0.4 is 11.3 Å². The Balaban J connectivity index is 2.32. The molecule has 0 fully saturated rings. The Bertz CT molecular complexity index is 945. The van der Waals surface area contributed by atoms with Gasteiger partial charge in [0, 0.05) is 9.86 Å². The maximum absolute atomic E-state index is 11.7. The van der Waals surface area contributed by atoms with Gasteiger partial charge in [-0.15, -0.1) is 0 Å². The third-order valence-corrected chi connectivity index (χ3v) is 3.80. The van der Waals surface area contributed by atoms with Gasteiger partial charge in [0.1, 0.15) is 11.1 Å². The van der Waals surface area contributed by atoms with Crippen molar-refractivity contribution in [3.8, 4) is 0 Å². The SMILES string of the molecule is Cc1ccccc1N=c1oc2ccc(Br)cc2cc1C(N)=O. The number of aryl methyl sites for hydroxylation is 1. The molecular weight excluding hydrogens is 344 g/mol. The predicted molar refractivity (Wildman–Crippen MR) is 88.8 cm³/mol. The molecule has 0 saturated carbocycles. The molecule has 2 aromatic carbocycles. The number of carbonyl (C=O) groups excluding carboxylic acids is 1. The molecule has 5 heteroatoms. The Kier molecular flexibility index (Phi) is 3.81. The molecule has 0 aliphatic heterocycles. The van der Waals surface area contributed by atoms with E-state index in [4.69, 9.17) is 10.2 Å². The zero-order valence-electron chi connectivity index (χ0n) is 11.8. The van der Waals surface area contributed by atoms with Crippen LogP contribution in [0, 0.1) is 6.92 Å². The number of nitrogens with two attached hydrogens (primary N) is 1. The van der Waals surface area contributed by atoms with E-state index in [1.165, 1.54) is 0 Å². The van der Waals surface area contributed by atoms with Crippen LogP contribution in [0.3, 0.4) is 0 Å². The molecule has 0 bridgehead atoms. The molecule has 3 aromatic rings. The van der Waals surface area contributed by atoms with Crippen LogP contribution in [0.15, 0.2) is 62.4 Å². The standard InChI is InChI=1S/C17H13BrN2O2/c1-10-4-2-3-5-14(10)20-17-13(16(19)21)9-11-8-12(18)6-7-15(11)22-17/h2-9H,1H3,(H2,19,21). The summed E-state index contributed by atoms with van der Waals surface area (Å²) < 4.78 is 6.68. The summed E-state index contributed by atoms with van der Waals surface area (Å²) in [6, 6.07) is 14.9. The lowest BCUT2D eigenvalue weighted by Gasteiger charge is -2.03. The summed E-state index contributed by atoms with van der Waals surface area (Å²) in [5, 5.41) is 0.784. The van der Waals surface area contributed by atoms with Crippen molar-refractivity contribution in [2.75, 3.05) is 0 Å². The molecule has 1 aromatic heterocycles. The van der Waals surface area contributed by atoms with Crippen LogP contribution in [-0.4, -0.2) is 5.91 Å². The van der Waals surface area contributed by atoms with Gasteiger partial charge in [-0.2, -0.15) is 0 Å². The van der Waals surface area contributed by atoms with Crippen molar-refractivity contribution >= 4 is 38.5 Å². The van der Waals surface area contributed by atoms with E-state index in [9.17, 15) is 4.79 Å². The minimum absolute atomic E-state index is 0.219. The molecule has 4 nitrogen and oxygen atoms in total. The monoisotopic (exact) mass is 356 g/mol. The Labute approximate surface area is 135 Å². The minimum atomic E-state index is -0.571. The van der Waals surface area contributed by atoms with Gasteiger partial charge in [0.25, 0.3) is 5.91 Å². The first-order valence-electron chi connectivity index (χ1n) is 6.68. The van der Waals surface area contributed by atoms with E-state index in [-0.39, 0.29) is 11.1 Å². The van der Waals surface area contributed by atoms with Gasteiger partial charge in [0.2, 0.25) is 5.55 Å². The van der Waals surface area contributed by atoms with Crippen LogP contribution >= 0.6 is 15.9 Å². The molecule has 3 rings (SSSR count). The number of hydrogen-bond donors (Lipinski definition) is 1. The van der Waals surface area contributed by atoms with Gasteiger partial charge in [-0.25, -0.2) is 4.99 Å². The Hall–Kier alpha value is -2.40. The summed E-state index contributed by atoms with van der Waals surface area (Å²) in [6.45, 7) is 1.95. The van der Waals surface area contributed by atoms with Crippen molar-refractivity contribution in [3.05, 3.63) is 69.7 Å². The zero-order valence-corrected chi connectivity index (χ0v) is 13.4. The minimum Gasteiger partial charge on any atom is -0.438 e. The molecule has 1 amide bonds. The molecule has 0 spiro atoms. The first-order valence-corrected chi connectivity index (χ1v) is 7.47. The van der Waals surface area contributed by atoms with E-state index in [1.807, 2.05) is 49.4 Å². The highest BCUT2D eigenvalue weighted by molar-refractivity contribution is 9.10. The molecule has 0 atom stereocenters. The highest BCUT2D eigenvalue weighted by Gasteiger charge is 2.10. The second-order valence-electron chi connectivity index (χ2n) is 4.91. The highest BCUT2D eigenvalue weighted by Crippen LogP contribution is 2.21. The number of rotatable bonds is 2. The second-order valence-corrected chi connectivity index (χ2v) is 5.83. The van der Waals surface area contributed by atoms with Crippen LogP contribution in [0.2, 0.25) is 0 Å². The summed E-state index contributed by atoms with van der Waals surface area (Å²) in [5.41, 5.74) is 8.31. The quantitative estimate of drug-likeness (QED) is 0.757. The molecule has 0 aliphatic carbocycles. The zero-order chi connectivity index (χ0) is 15.7. The van der Waals surface area contributed by atoms with Gasteiger partial charge >= 0.3 is 0 Å². The van der Waals surface area contributed by atoms with Gasteiger partial charge < -0.3 is 10.2 Å². The Morgan fingerprint density at radius 1 is 1.18 bits per heavy atom. The molecule has 0 saturated heterocycles. The van der Waals surface area contributed by atoms with E-state index >= 15 is 0 Å². The smallest absolute Gasteiger partial charge is 0.254 e. The summed E-state index contributed by atoms with van der Waals surface area (Å²) in [6.07, 6.45) is 0. The number of benzene rings is 2. The third kappa shape index (κ3) is 2.80. The fourth-order valence-corrected chi connectivity index (χ4v) is 2.54. The van der Waals surface area contributed by atoms with E-state index in [0.717, 1.165) is 21.1 Å². The van der Waals surface area contributed by atoms with Gasteiger partial charge in [0.05, 0.1) is 5.69 Å². The summed E-state index contributed by atoms with van der Waals surface area (Å²) in [7, 11) is 0. The van der Waals surface area contributed by atoms with Gasteiger partial charge in [-0.1, -0.05) is 34.1 Å². The lowest BCUT2D eigenvalue weighted by molar-refractivity contribution is 0.0996. The van der Waals surface area contributed by atoms with Crippen molar-refractivity contribution < 1.29 is 9.21 Å². The number of carbonyl (C=O) groups is 1. The van der Waals surface area contributed by atoms with Crippen LogP contribution in [0.5, 0.6) is 0 Å². The van der Waals surface area contributed by atoms with Crippen LogP contribution in [0.25, 0.3) is 11.0 Å². The third-order valence-electron chi connectivity index (χ3n) is 3.31. The molecule has 1 heterocycles. The molecule has 0 aliphatic rings. The Morgan fingerprint density at radius 3 is 2.68 bits per heavy atom. The molecule has 22 heavy (non-hydrogen) atoms. The van der Waals surface area contributed by atoms with Crippen molar-refractivity contribution in [2.45, 2.75) is 6.92 Å². The number of amides is 1. The maximum atomic E-state index is 11.7. The second kappa shape index (κ2) is 5.77. The number of nitrogens with zero attached hydrogens (tertiary/aromatic N) is 1. The maximum Gasteiger partial charge on any atom is 0.254 e. The van der Waals surface area contributed by atoms with Crippen molar-refractivity contribution in [2.24, 2.45) is 10.7 Å². The van der Waals surface area contributed by atoms with Crippen LogP contribution in [0.4, 0.5) is 5.69 Å². The number of primary amides is 1. The fraction of sp³-hybridized carbons (Fsp3) is 0.0588. The number of halogens is 1. The van der Waals surface area contributed by atoms with E-state index in [2.05, 4.69) is 20.9 Å². The fourth-order valence-electron chi connectivity index (χ4n) is 2.16. The first-order chi connectivity index (χ1) is 10.5. The molecule has 0 radical (unpaired) electrons. The lowest BCUT2D eigenvalue weighted by atomic mass is 10.1. The summed E-state index contributed by atoms with van der Waals surface area (Å²) in [5.74, 6) is -0.571. The largest absolute Gasteiger partial charge is 0.438 e. The van der Waals surface area contributed by atoms with E-state index < -0.39 is 5.91 Å². The van der Waals surface area contributed by atoms with Crippen LogP contribution in [0.1, 0.15) is 15.9 Å².